The fraction of sp³-hybridized carbons (Fsp3) is 0. The molecule has 3 heterocycles. The van der Waals surface area contributed by atoms with Crippen molar-refractivity contribution in [2.45, 2.75) is 0 Å². The third-order valence-electron chi connectivity index (χ3n) is 15.7. The molecule has 4 heteroatoms. The third-order valence-corrected chi connectivity index (χ3v) is 15.7. The summed E-state index contributed by atoms with van der Waals surface area (Å²) in [5.41, 5.74) is 22.7. The molecule has 15 rings (SSSR count). The van der Waals surface area contributed by atoms with Crippen molar-refractivity contribution in [3.63, 3.8) is 0 Å². The summed E-state index contributed by atoms with van der Waals surface area (Å²) in [5, 5.41) is 4.83. The van der Waals surface area contributed by atoms with E-state index in [9.17, 15) is 0 Å². The Hall–Kier alpha value is -10.7. The predicted molar refractivity (Wildman–Crippen MR) is 334 cm³/mol. The average molecular weight is 1020 g/mol. The number of aromatic nitrogens is 4. The smallest absolute Gasteiger partial charge is 0.160 e. The molecule has 0 aliphatic rings. The SMILES string of the molecule is c1ccc(-c2cc(-c3ccccc3)cc(-c3ccc(-c4c(-c5ccccc5)nc(-c5cccc(-n6c7cc(-c8ccccc8)ccc7c7cc8c9ccccc9n(-c9ccccc9)c8cc76)c5)nc4-c4ccccc4)cc3)c2)cc1. The monoisotopic (exact) mass is 1020 g/mol. The number of fused-ring (bicyclic) bond motifs is 6. The molecule has 0 spiro atoms. The van der Waals surface area contributed by atoms with Crippen LogP contribution in [0.15, 0.2) is 303 Å². The van der Waals surface area contributed by atoms with Crippen LogP contribution in [0.25, 0.3) is 145 Å². The van der Waals surface area contributed by atoms with E-state index in [-0.39, 0.29) is 0 Å². The van der Waals surface area contributed by atoms with Gasteiger partial charge in [-0.1, -0.05) is 237 Å². The van der Waals surface area contributed by atoms with Crippen LogP contribution in [0.4, 0.5) is 0 Å². The largest absolute Gasteiger partial charge is 0.309 e. The average Bonchev–Trinajstić information content (AvgIpc) is 4.27. The molecule has 0 aliphatic heterocycles. The number of rotatable bonds is 10. The van der Waals surface area contributed by atoms with Crippen molar-refractivity contribution >= 4 is 43.6 Å². The lowest BCUT2D eigenvalue weighted by atomic mass is 9.91. The lowest BCUT2D eigenvalue weighted by Crippen LogP contribution is -2.02. The van der Waals surface area contributed by atoms with Crippen LogP contribution in [-0.4, -0.2) is 19.1 Å². The van der Waals surface area contributed by atoms with Gasteiger partial charge in [0.15, 0.2) is 5.82 Å². The molecule has 374 valence electrons. The summed E-state index contributed by atoms with van der Waals surface area (Å²) >= 11 is 0. The minimum atomic E-state index is 0.647. The Balaban J connectivity index is 0.921. The Morgan fingerprint density at radius 1 is 0.200 bits per heavy atom. The van der Waals surface area contributed by atoms with Crippen LogP contribution >= 0.6 is 0 Å². The van der Waals surface area contributed by atoms with E-state index in [2.05, 4.69) is 312 Å². The minimum absolute atomic E-state index is 0.647. The van der Waals surface area contributed by atoms with Crippen molar-refractivity contribution in [1.29, 1.82) is 0 Å². The molecule has 12 aromatic carbocycles. The number of hydrogen-bond acceptors (Lipinski definition) is 2. The molecule has 0 N–H and O–H groups in total. The van der Waals surface area contributed by atoms with E-state index in [1.807, 2.05) is 0 Å². The van der Waals surface area contributed by atoms with Gasteiger partial charge in [-0.2, -0.15) is 0 Å². The zero-order valence-electron chi connectivity index (χ0n) is 43.7. The van der Waals surface area contributed by atoms with Crippen molar-refractivity contribution in [2.75, 3.05) is 0 Å². The quantitative estimate of drug-likeness (QED) is 0.137. The maximum Gasteiger partial charge on any atom is 0.160 e. The Labute approximate surface area is 464 Å². The molecule has 4 nitrogen and oxygen atoms in total. The second kappa shape index (κ2) is 19.7. The molecule has 0 bridgehead atoms. The molecule has 0 amide bonds. The lowest BCUT2D eigenvalue weighted by molar-refractivity contribution is 1.15. The number of nitrogens with zero attached hydrogens (tertiary/aromatic N) is 4. The molecule has 0 aliphatic carbocycles. The summed E-state index contributed by atoms with van der Waals surface area (Å²) in [7, 11) is 0. The number of para-hydroxylation sites is 2. The molecule has 15 aromatic rings. The summed E-state index contributed by atoms with van der Waals surface area (Å²) in [6, 6.07) is 109. The molecule has 3 aromatic heterocycles. The van der Waals surface area contributed by atoms with E-state index < -0.39 is 0 Å². The standard InChI is InChI=1S/C76H50N4/c1-7-22-51(23-8-1)58-42-43-66-68-49-67-65-36-19-20-37-69(65)79(63-33-17-6-18-34-63)71(67)50-72(68)80(70(66)48-58)64-35-21-32-59(47-64)76-77-74(56-28-13-4-14-29-56)73(75(78-76)57-30-15-5-16-31-57)55-40-38-54(39-41-55)62-45-60(52-24-9-2-10-25-52)44-61(46-62)53-26-11-3-12-27-53/h1-50H. The summed E-state index contributed by atoms with van der Waals surface area (Å²) in [6.07, 6.45) is 0. The Morgan fingerprint density at radius 2 is 0.588 bits per heavy atom. The summed E-state index contributed by atoms with van der Waals surface area (Å²) in [4.78, 5) is 11.3. The van der Waals surface area contributed by atoms with Crippen LogP contribution in [0.1, 0.15) is 0 Å². The van der Waals surface area contributed by atoms with Crippen molar-refractivity contribution in [2.24, 2.45) is 0 Å². The normalized spacial score (nSPS) is 11.5. The molecular weight excluding hydrogens is 969 g/mol. The van der Waals surface area contributed by atoms with Crippen molar-refractivity contribution in [3.05, 3.63) is 303 Å². The molecule has 0 unspecified atom stereocenters. The Bertz CT molecular complexity index is 4640. The van der Waals surface area contributed by atoms with E-state index in [4.69, 9.17) is 9.97 Å². The number of benzene rings is 12. The Kier molecular flexibility index (Phi) is 11.5. The van der Waals surface area contributed by atoms with E-state index in [1.165, 1.54) is 54.9 Å². The molecule has 0 atom stereocenters. The van der Waals surface area contributed by atoms with Gasteiger partial charge in [0, 0.05) is 55.2 Å². The first-order valence-electron chi connectivity index (χ1n) is 27.3. The first kappa shape index (κ1) is 46.6. The van der Waals surface area contributed by atoms with Gasteiger partial charge >= 0.3 is 0 Å². The highest BCUT2D eigenvalue weighted by Crippen LogP contribution is 2.44. The van der Waals surface area contributed by atoms with Crippen LogP contribution in [0.2, 0.25) is 0 Å². The lowest BCUT2D eigenvalue weighted by Gasteiger charge is -2.18. The molecule has 0 radical (unpaired) electrons. The van der Waals surface area contributed by atoms with Gasteiger partial charge in [0.1, 0.15) is 0 Å². The molecular formula is C76H50N4. The minimum Gasteiger partial charge on any atom is -0.309 e. The predicted octanol–water partition coefficient (Wildman–Crippen LogP) is 20.0. The highest BCUT2D eigenvalue weighted by molar-refractivity contribution is 6.19. The zero-order valence-corrected chi connectivity index (χ0v) is 43.7. The van der Waals surface area contributed by atoms with Gasteiger partial charge in [-0.15, -0.1) is 0 Å². The van der Waals surface area contributed by atoms with Gasteiger partial charge in [-0.3, -0.25) is 0 Å². The van der Waals surface area contributed by atoms with E-state index in [1.54, 1.807) is 0 Å². The molecule has 80 heavy (non-hydrogen) atoms. The Morgan fingerprint density at radius 3 is 1.14 bits per heavy atom. The van der Waals surface area contributed by atoms with E-state index in [0.29, 0.717) is 5.82 Å². The van der Waals surface area contributed by atoms with Crippen LogP contribution in [0, 0.1) is 0 Å². The van der Waals surface area contributed by atoms with E-state index >= 15 is 0 Å². The maximum absolute atomic E-state index is 5.63. The maximum atomic E-state index is 5.63. The summed E-state index contributed by atoms with van der Waals surface area (Å²) < 4.78 is 4.85. The fourth-order valence-corrected chi connectivity index (χ4v) is 11.9. The zero-order chi connectivity index (χ0) is 52.9. The summed E-state index contributed by atoms with van der Waals surface area (Å²) in [6.45, 7) is 0. The van der Waals surface area contributed by atoms with Gasteiger partial charge in [-0.25, -0.2) is 9.97 Å². The van der Waals surface area contributed by atoms with E-state index in [0.717, 1.165) is 83.8 Å². The summed E-state index contributed by atoms with van der Waals surface area (Å²) in [5.74, 6) is 0.647. The number of hydrogen-bond donors (Lipinski definition) is 0. The van der Waals surface area contributed by atoms with Crippen LogP contribution in [0.5, 0.6) is 0 Å². The highest BCUT2D eigenvalue weighted by atomic mass is 15.0. The third kappa shape index (κ3) is 8.26. The van der Waals surface area contributed by atoms with Gasteiger partial charge in [0.2, 0.25) is 0 Å². The van der Waals surface area contributed by atoms with Crippen molar-refractivity contribution in [3.8, 4) is 101 Å². The van der Waals surface area contributed by atoms with Gasteiger partial charge in [0.25, 0.3) is 0 Å². The van der Waals surface area contributed by atoms with Crippen LogP contribution < -0.4 is 0 Å². The fourth-order valence-electron chi connectivity index (χ4n) is 11.9. The molecule has 0 saturated heterocycles. The second-order valence-electron chi connectivity index (χ2n) is 20.5. The van der Waals surface area contributed by atoms with Crippen LogP contribution in [-0.2, 0) is 0 Å². The first-order chi connectivity index (χ1) is 39.7. The van der Waals surface area contributed by atoms with Gasteiger partial charge in [-0.05, 0) is 117 Å². The molecule has 0 saturated carbocycles. The van der Waals surface area contributed by atoms with Crippen LogP contribution in [0.3, 0.4) is 0 Å². The second-order valence-corrected chi connectivity index (χ2v) is 20.5. The highest BCUT2D eigenvalue weighted by Gasteiger charge is 2.23. The van der Waals surface area contributed by atoms with Crippen molar-refractivity contribution in [1.82, 2.24) is 19.1 Å². The topological polar surface area (TPSA) is 35.6 Å². The van der Waals surface area contributed by atoms with Gasteiger partial charge < -0.3 is 9.13 Å². The molecule has 0 fully saturated rings. The first-order valence-corrected chi connectivity index (χ1v) is 27.3. The van der Waals surface area contributed by atoms with Crippen molar-refractivity contribution < 1.29 is 0 Å². The van der Waals surface area contributed by atoms with Gasteiger partial charge in [0.05, 0.1) is 33.5 Å².